The molecule has 1 amide bonds. The Labute approximate surface area is 147 Å². The first-order valence-electron chi connectivity index (χ1n) is 6.99. The number of hydrogen-bond acceptors (Lipinski definition) is 4. The van der Waals surface area contributed by atoms with Crippen LogP contribution in [0.1, 0.15) is 10.5 Å². The number of amides is 1. The van der Waals surface area contributed by atoms with Gasteiger partial charge in [0.25, 0.3) is 15.9 Å². The van der Waals surface area contributed by atoms with Crippen molar-refractivity contribution in [3.63, 3.8) is 0 Å². The molecule has 128 valence electrons. The summed E-state index contributed by atoms with van der Waals surface area (Å²) in [7, 11) is -3.96. The van der Waals surface area contributed by atoms with Crippen LogP contribution in [-0.4, -0.2) is 23.3 Å². The van der Waals surface area contributed by atoms with Crippen LogP contribution in [0, 0.1) is 5.82 Å². The van der Waals surface area contributed by atoms with Crippen molar-refractivity contribution in [3.8, 4) is 0 Å². The molecule has 0 aliphatic carbocycles. The Kier molecular flexibility index (Phi) is 4.56. The number of nitrogens with zero attached hydrogens (tertiary/aromatic N) is 2. The van der Waals surface area contributed by atoms with Gasteiger partial charge in [-0.1, -0.05) is 17.7 Å². The molecular formula is C16H11ClFN3O3S. The number of anilines is 1. The first kappa shape index (κ1) is 17.1. The van der Waals surface area contributed by atoms with E-state index in [2.05, 4.69) is 10.3 Å². The molecule has 0 saturated carbocycles. The van der Waals surface area contributed by atoms with E-state index in [1.807, 2.05) is 0 Å². The van der Waals surface area contributed by atoms with Gasteiger partial charge in [0.15, 0.2) is 0 Å². The van der Waals surface area contributed by atoms with Crippen molar-refractivity contribution in [3.05, 3.63) is 77.6 Å². The van der Waals surface area contributed by atoms with E-state index in [9.17, 15) is 17.6 Å². The van der Waals surface area contributed by atoms with Crippen LogP contribution in [0.2, 0.25) is 5.02 Å². The Balaban J connectivity index is 1.85. The van der Waals surface area contributed by atoms with Crippen LogP contribution < -0.4 is 5.32 Å². The van der Waals surface area contributed by atoms with Gasteiger partial charge in [0.05, 0.1) is 15.6 Å². The fourth-order valence-corrected chi connectivity index (χ4v) is 3.52. The second kappa shape index (κ2) is 6.66. The summed E-state index contributed by atoms with van der Waals surface area (Å²) >= 11 is 5.64. The molecule has 0 saturated heterocycles. The summed E-state index contributed by atoms with van der Waals surface area (Å²) in [5, 5.41) is 2.26. The second-order valence-electron chi connectivity index (χ2n) is 4.98. The molecule has 9 heteroatoms. The molecule has 0 fully saturated rings. The Bertz CT molecular complexity index is 1040. The summed E-state index contributed by atoms with van der Waals surface area (Å²) in [6.45, 7) is 0. The minimum atomic E-state index is -3.96. The molecule has 0 unspecified atom stereocenters. The highest BCUT2D eigenvalue weighted by Crippen LogP contribution is 2.22. The van der Waals surface area contributed by atoms with E-state index in [1.54, 1.807) is 12.1 Å². The van der Waals surface area contributed by atoms with E-state index in [-0.39, 0.29) is 21.3 Å². The third kappa shape index (κ3) is 3.54. The van der Waals surface area contributed by atoms with Crippen LogP contribution in [0.25, 0.3) is 0 Å². The number of halogens is 2. The maximum Gasteiger partial charge on any atom is 0.274 e. The number of carbonyl (C=O) groups is 1. The Morgan fingerprint density at radius 3 is 2.68 bits per heavy atom. The zero-order valence-electron chi connectivity index (χ0n) is 12.6. The minimum absolute atomic E-state index is 0.169. The lowest BCUT2D eigenvalue weighted by molar-refractivity contribution is 0.102. The van der Waals surface area contributed by atoms with E-state index in [1.165, 1.54) is 30.7 Å². The van der Waals surface area contributed by atoms with E-state index in [0.29, 0.717) is 0 Å². The van der Waals surface area contributed by atoms with Gasteiger partial charge < -0.3 is 5.32 Å². The van der Waals surface area contributed by atoms with Gasteiger partial charge in [-0.15, -0.1) is 0 Å². The predicted molar refractivity (Wildman–Crippen MR) is 90.6 cm³/mol. The monoisotopic (exact) mass is 379 g/mol. The fraction of sp³-hybridized carbons (Fsp3) is 0. The van der Waals surface area contributed by atoms with Crippen LogP contribution in [-0.2, 0) is 10.0 Å². The molecule has 2 aromatic heterocycles. The van der Waals surface area contributed by atoms with Crippen molar-refractivity contribution < 1.29 is 17.6 Å². The smallest absolute Gasteiger partial charge is 0.274 e. The molecule has 0 spiro atoms. The van der Waals surface area contributed by atoms with Crippen molar-refractivity contribution >= 4 is 33.2 Å². The number of aromatic nitrogens is 2. The van der Waals surface area contributed by atoms with Crippen LogP contribution in [0.4, 0.5) is 10.1 Å². The number of pyridine rings is 1. The second-order valence-corrected chi connectivity index (χ2v) is 7.23. The van der Waals surface area contributed by atoms with E-state index >= 15 is 0 Å². The molecular weight excluding hydrogens is 369 g/mol. The Morgan fingerprint density at radius 1 is 1.20 bits per heavy atom. The van der Waals surface area contributed by atoms with E-state index in [0.717, 1.165) is 22.2 Å². The zero-order valence-corrected chi connectivity index (χ0v) is 14.1. The first-order chi connectivity index (χ1) is 11.9. The molecule has 2 heterocycles. The third-order valence-corrected chi connectivity index (χ3v) is 5.21. The fourth-order valence-electron chi connectivity index (χ4n) is 2.05. The molecule has 0 aliphatic heterocycles. The summed E-state index contributed by atoms with van der Waals surface area (Å²) in [5.41, 5.74) is 0.468. The highest BCUT2D eigenvalue weighted by molar-refractivity contribution is 7.90. The Hall–Kier alpha value is -2.71. The standard InChI is InChI=1S/C16H11ClFN3O3S/c17-13-9-12(4-5-14(13)18)25(23,24)21-8-6-11(10-21)20-16(22)15-3-1-2-7-19-15/h1-10H,(H,20,22). The predicted octanol–water partition coefficient (Wildman–Crippen LogP) is 3.16. The van der Waals surface area contributed by atoms with E-state index in [4.69, 9.17) is 11.6 Å². The number of hydrogen-bond donors (Lipinski definition) is 1. The van der Waals surface area contributed by atoms with E-state index < -0.39 is 21.7 Å². The lowest BCUT2D eigenvalue weighted by atomic mass is 10.3. The zero-order chi connectivity index (χ0) is 18.0. The summed E-state index contributed by atoms with van der Waals surface area (Å²) in [5.74, 6) is -1.18. The third-order valence-electron chi connectivity index (χ3n) is 3.29. The topological polar surface area (TPSA) is 81.1 Å². The number of rotatable bonds is 4. The first-order valence-corrected chi connectivity index (χ1v) is 8.81. The van der Waals surface area contributed by atoms with Gasteiger partial charge >= 0.3 is 0 Å². The van der Waals surface area contributed by atoms with Crippen LogP contribution in [0.5, 0.6) is 0 Å². The quantitative estimate of drug-likeness (QED) is 0.755. The summed E-state index contributed by atoms with van der Waals surface area (Å²) < 4.78 is 39.2. The van der Waals surface area contributed by atoms with Crippen molar-refractivity contribution in [2.45, 2.75) is 4.90 Å². The molecule has 3 rings (SSSR count). The lowest BCUT2D eigenvalue weighted by Gasteiger charge is -2.06. The largest absolute Gasteiger partial charge is 0.319 e. The molecule has 0 aliphatic rings. The van der Waals surface area contributed by atoms with Gasteiger partial charge in [0.2, 0.25) is 0 Å². The SMILES string of the molecule is O=C(Nc1ccn(S(=O)(=O)c2ccc(F)c(Cl)c2)c1)c1ccccn1. The van der Waals surface area contributed by atoms with Gasteiger partial charge in [-0.2, -0.15) is 0 Å². The maximum atomic E-state index is 13.2. The molecule has 25 heavy (non-hydrogen) atoms. The normalized spacial score (nSPS) is 11.3. The van der Waals surface area contributed by atoms with Crippen molar-refractivity contribution in [2.24, 2.45) is 0 Å². The summed E-state index contributed by atoms with van der Waals surface area (Å²) in [6, 6.07) is 9.40. The molecule has 3 aromatic rings. The molecule has 6 nitrogen and oxygen atoms in total. The van der Waals surface area contributed by atoms with Crippen molar-refractivity contribution in [1.82, 2.24) is 8.96 Å². The van der Waals surface area contributed by atoms with Crippen molar-refractivity contribution in [2.75, 3.05) is 5.32 Å². The highest BCUT2D eigenvalue weighted by atomic mass is 35.5. The van der Waals surface area contributed by atoms with Gasteiger partial charge in [-0.05, 0) is 36.4 Å². The molecule has 0 atom stereocenters. The van der Waals surface area contributed by atoms with Crippen LogP contribution in [0.15, 0.2) is 66.0 Å². The van der Waals surface area contributed by atoms with Crippen LogP contribution >= 0.6 is 11.6 Å². The maximum absolute atomic E-state index is 13.2. The Morgan fingerprint density at radius 2 is 2.00 bits per heavy atom. The average Bonchev–Trinajstić information content (AvgIpc) is 3.07. The number of benzene rings is 1. The van der Waals surface area contributed by atoms with Crippen molar-refractivity contribution in [1.29, 1.82) is 0 Å². The summed E-state index contributed by atoms with van der Waals surface area (Å²) in [6.07, 6.45) is 3.97. The highest BCUT2D eigenvalue weighted by Gasteiger charge is 2.19. The van der Waals surface area contributed by atoms with Crippen LogP contribution in [0.3, 0.4) is 0 Å². The molecule has 1 N–H and O–H groups in total. The average molecular weight is 380 g/mol. The number of carbonyl (C=O) groups excluding carboxylic acids is 1. The lowest BCUT2D eigenvalue weighted by Crippen LogP contribution is -2.14. The van der Waals surface area contributed by atoms with Gasteiger partial charge in [-0.25, -0.2) is 16.8 Å². The number of nitrogens with one attached hydrogen (secondary N) is 1. The molecule has 0 radical (unpaired) electrons. The van der Waals surface area contributed by atoms with Gasteiger partial charge in [0.1, 0.15) is 11.5 Å². The minimum Gasteiger partial charge on any atom is -0.319 e. The van der Waals surface area contributed by atoms with Gasteiger partial charge in [0, 0.05) is 18.6 Å². The summed E-state index contributed by atoms with van der Waals surface area (Å²) in [4.78, 5) is 15.8. The van der Waals surface area contributed by atoms with Gasteiger partial charge in [-0.3, -0.25) is 9.78 Å². The molecule has 1 aromatic carbocycles. The molecule has 0 bridgehead atoms.